The number of anilines is 1. The largest absolute Gasteiger partial charge is 0.393 e. The zero-order valence-electron chi connectivity index (χ0n) is 8.60. The Morgan fingerprint density at radius 2 is 2.20 bits per heavy atom. The van der Waals surface area contributed by atoms with Crippen LogP contribution in [-0.2, 0) is 0 Å². The topological polar surface area (TPSA) is 49.2 Å². The fourth-order valence-electron chi connectivity index (χ4n) is 1.85. The Balaban J connectivity index is 2.15. The summed E-state index contributed by atoms with van der Waals surface area (Å²) in [5.74, 6) is 0.967. The van der Waals surface area contributed by atoms with Gasteiger partial charge in [0.15, 0.2) is 11.0 Å². The number of piperidine rings is 1. The van der Waals surface area contributed by atoms with Gasteiger partial charge in [0.05, 0.1) is 6.10 Å². The van der Waals surface area contributed by atoms with Crippen LogP contribution in [0.15, 0.2) is 12.4 Å². The molecule has 1 aromatic rings. The highest BCUT2D eigenvalue weighted by Gasteiger charge is 2.26. The Hall–Kier alpha value is -0.870. The van der Waals surface area contributed by atoms with Gasteiger partial charge in [0.25, 0.3) is 0 Å². The number of hydrogen-bond acceptors (Lipinski definition) is 4. The summed E-state index contributed by atoms with van der Waals surface area (Å²) in [5.41, 5.74) is 0. The van der Waals surface area contributed by atoms with Gasteiger partial charge in [0.2, 0.25) is 0 Å². The van der Waals surface area contributed by atoms with E-state index >= 15 is 0 Å². The molecule has 1 N–H and O–H groups in total. The second kappa shape index (κ2) is 4.33. The van der Waals surface area contributed by atoms with Gasteiger partial charge in [-0.15, -0.1) is 0 Å². The standard InChI is InChI=1S/C10H14ClN3O/c1-7-6-14(5-2-8(7)15)10-9(11)12-3-4-13-10/h3-4,7-8,15H,2,5-6H2,1H3/t7-,8+/m1/s1. The average molecular weight is 228 g/mol. The molecule has 0 amide bonds. The fourth-order valence-corrected chi connectivity index (χ4v) is 2.08. The van der Waals surface area contributed by atoms with Crippen molar-refractivity contribution in [3.8, 4) is 0 Å². The first kappa shape index (κ1) is 10.6. The van der Waals surface area contributed by atoms with E-state index in [1.807, 2.05) is 6.92 Å². The van der Waals surface area contributed by atoms with Gasteiger partial charge in [0.1, 0.15) is 0 Å². The van der Waals surface area contributed by atoms with Crippen LogP contribution in [0.5, 0.6) is 0 Å². The van der Waals surface area contributed by atoms with E-state index in [0.29, 0.717) is 5.15 Å². The third kappa shape index (κ3) is 2.21. The Bertz CT molecular complexity index is 347. The molecule has 82 valence electrons. The van der Waals surface area contributed by atoms with Gasteiger partial charge >= 0.3 is 0 Å². The molecule has 5 heteroatoms. The van der Waals surface area contributed by atoms with E-state index in [1.54, 1.807) is 12.4 Å². The molecule has 2 atom stereocenters. The number of aromatic nitrogens is 2. The van der Waals surface area contributed by atoms with Gasteiger partial charge < -0.3 is 10.0 Å². The predicted octanol–water partition coefficient (Wildman–Crippen LogP) is 1.34. The maximum absolute atomic E-state index is 9.62. The molecule has 2 heterocycles. The predicted molar refractivity (Wildman–Crippen MR) is 59.0 cm³/mol. The molecule has 0 radical (unpaired) electrons. The van der Waals surface area contributed by atoms with E-state index in [1.165, 1.54) is 0 Å². The maximum atomic E-state index is 9.62. The van der Waals surface area contributed by atoms with Crippen molar-refractivity contribution in [2.45, 2.75) is 19.4 Å². The summed E-state index contributed by atoms with van der Waals surface area (Å²) in [6.45, 7) is 3.59. The minimum atomic E-state index is -0.211. The summed E-state index contributed by atoms with van der Waals surface area (Å²) in [6, 6.07) is 0. The molecule has 0 aromatic carbocycles. The summed E-state index contributed by atoms with van der Waals surface area (Å²) >= 11 is 5.96. The molecular weight excluding hydrogens is 214 g/mol. The van der Waals surface area contributed by atoms with Crippen molar-refractivity contribution in [3.63, 3.8) is 0 Å². The minimum Gasteiger partial charge on any atom is -0.393 e. The lowest BCUT2D eigenvalue weighted by atomic mass is 9.97. The minimum absolute atomic E-state index is 0.211. The lowest BCUT2D eigenvalue weighted by Gasteiger charge is -2.35. The second-order valence-corrected chi connectivity index (χ2v) is 4.31. The first-order valence-corrected chi connectivity index (χ1v) is 5.46. The first-order valence-electron chi connectivity index (χ1n) is 5.08. The molecule has 0 saturated carbocycles. The highest BCUT2D eigenvalue weighted by molar-refractivity contribution is 6.31. The number of nitrogens with zero attached hydrogens (tertiary/aromatic N) is 3. The van der Waals surface area contributed by atoms with Crippen molar-refractivity contribution in [3.05, 3.63) is 17.5 Å². The summed E-state index contributed by atoms with van der Waals surface area (Å²) in [5, 5.41) is 10.0. The molecule has 4 nitrogen and oxygen atoms in total. The van der Waals surface area contributed by atoms with Gasteiger partial charge in [-0.3, -0.25) is 0 Å². The lowest BCUT2D eigenvalue weighted by molar-refractivity contribution is 0.0969. The molecule has 1 fully saturated rings. The number of rotatable bonds is 1. The zero-order chi connectivity index (χ0) is 10.8. The van der Waals surface area contributed by atoms with Gasteiger partial charge in [0, 0.05) is 25.5 Å². The maximum Gasteiger partial charge on any atom is 0.171 e. The summed E-state index contributed by atoms with van der Waals surface area (Å²) < 4.78 is 0. The van der Waals surface area contributed by atoms with E-state index in [-0.39, 0.29) is 12.0 Å². The Kier molecular flexibility index (Phi) is 3.07. The Morgan fingerprint density at radius 3 is 2.87 bits per heavy atom. The van der Waals surface area contributed by atoms with Crippen molar-refractivity contribution < 1.29 is 5.11 Å². The van der Waals surface area contributed by atoms with E-state index in [4.69, 9.17) is 11.6 Å². The molecule has 0 aliphatic carbocycles. The van der Waals surface area contributed by atoms with Crippen LogP contribution in [0, 0.1) is 5.92 Å². The van der Waals surface area contributed by atoms with E-state index in [0.717, 1.165) is 25.3 Å². The highest BCUT2D eigenvalue weighted by Crippen LogP contribution is 2.25. The first-order chi connectivity index (χ1) is 7.18. The van der Waals surface area contributed by atoms with Crippen LogP contribution < -0.4 is 4.90 Å². The van der Waals surface area contributed by atoms with Crippen molar-refractivity contribution in [1.82, 2.24) is 9.97 Å². The highest BCUT2D eigenvalue weighted by atomic mass is 35.5. The van der Waals surface area contributed by atoms with Crippen LogP contribution in [-0.4, -0.2) is 34.3 Å². The van der Waals surface area contributed by atoms with Crippen LogP contribution in [0.3, 0.4) is 0 Å². The normalized spacial score (nSPS) is 26.7. The molecule has 15 heavy (non-hydrogen) atoms. The monoisotopic (exact) mass is 227 g/mol. The third-order valence-corrected chi connectivity index (χ3v) is 3.06. The molecule has 0 spiro atoms. The quantitative estimate of drug-likeness (QED) is 0.787. The van der Waals surface area contributed by atoms with Gasteiger partial charge in [-0.25, -0.2) is 9.97 Å². The van der Waals surface area contributed by atoms with Crippen molar-refractivity contribution in [2.75, 3.05) is 18.0 Å². The van der Waals surface area contributed by atoms with Crippen LogP contribution >= 0.6 is 11.6 Å². The smallest absolute Gasteiger partial charge is 0.171 e. The average Bonchev–Trinajstić information content (AvgIpc) is 2.23. The number of hydrogen-bond donors (Lipinski definition) is 1. The lowest BCUT2D eigenvalue weighted by Crippen LogP contribution is -2.42. The fraction of sp³-hybridized carbons (Fsp3) is 0.600. The molecular formula is C10H14ClN3O. The number of halogens is 1. The van der Waals surface area contributed by atoms with Crippen LogP contribution in [0.25, 0.3) is 0 Å². The third-order valence-electron chi connectivity index (χ3n) is 2.80. The van der Waals surface area contributed by atoms with Crippen LogP contribution in [0.1, 0.15) is 13.3 Å². The molecule has 2 rings (SSSR count). The van der Waals surface area contributed by atoms with Crippen LogP contribution in [0.2, 0.25) is 5.15 Å². The number of aliphatic hydroxyl groups excluding tert-OH is 1. The van der Waals surface area contributed by atoms with Gasteiger partial charge in [-0.1, -0.05) is 18.5 Å². The second-order valence-electron chi connectivity index (χ2n) is 3.95. The van der Waals surface area contributed by atoms with E-state index in [9.17, 15) is 5.11 Å². The zero-order valence-corrected chi connectivity index (χ0v) is 9.35. The van der Waals surface area contributed by atoms with E-state index < -0.39 is 0 Å². The van der Waals surface area contributed by atoms with Gasteiger partial charge in [-0.2, -0.15) is 0 Å². The number of aliphatic hydroxyl groups is 1. The summed E-state index contributed by atoms with van der Waals surface area (Å²) in [6.07, 6.45) is 3.76. The van der Waals surface area contributed by atoms with Crippen molar-refractivity contribution in [2.24, 2.45) is 5.92 Å². The Labute approximate surface area is 93.9 Å². The molecule has 0 unspecified atom stereocenters. The molecule has 0 bridgehead atoms. The SMILES string of the molecule is C[C@@H]1CN(c2nccnc2Cl)CC[C@@H]1O. The molecule has 1 aliphatic heterocycles. The molecule has 1 saturated heterocycles. The van der Waals surface area contributed by atoms with Crippen molar-refractivity contribution in [1.29, 1.82) is 0 Å². The van der Waals surface area contributed by atoms with Crippen LogP contribution in [0.4, 0.5) is 5.82 Å². The summed E-state index contributed by atoms with van der Waals surface area (Å²) in [7, 11) is 0. The van der Waals surface area contributed by atoms with Gasteiger partial charge in [-0.05, 0) is 12.3 Å². The Morgan fingerprint density at radius 1 is 1.47 bits per heavy atom. The summed E-state index contributed by atoms with van der Waals surface area (Å²) in [4.78, 5) is 10.3. The van der Waals surface area contributed by atoms with E-state index in [2.05, 4.69) is 14.9 Å². The molecule has 1 aromatic heterocycles. The van der Waals surface area contributed by atoms with Crippen molar-refractivity contribution >= 4 is 17.4 Å². The molecule has 1 aliphatic rings.